The summed E-state index contributed by atoms with van der Waals surface area (Å²) in [6.45, 7) is 2.10. The topological polar surface area (TPSA) is 103 Å². The minimum atomic E-state index is -4.73. The minimum Gasteiger partial charge on any atom is -0.343 e. The Kier molecular flexibility index (Phi) is 6.76. The number of sulfone groups is 1. The zero-order chi connectivity index (χ0) is 28.3. The van der Waals surface area contributed by atoms with E-state index in [4.69, 9.17) is 5.41 Å². The first kappa shape index (κ1) is 27.5. The van der Waals surface area contributed by atoms with Gasteiger partial charge in [0.15, 0.2) is 6.04 Å². The van der Waals surface area contributed by atoms with Gasteiger partial charge in [0.25, 0.3) is 0 Å². The van der Waals surface area contributed by atoms with Gasteiger partial charge in [0.05, 0.1) is 11.5 Å². The van der Waals surface area contributed by atoms with Gasteiger partial charge in [-0.05, 0) is 48.3 Å². The lowest BCUT2D eigenvalue weighted by atomic mass is 9.59. The maximum absolute atomic E-state index is 14.3. The number of allylic oxidation sites excluding steroid dienone is 3. The molecule has 1 amide bonds. The molecule has 2 aliphatic heterocycles. The van der Waals surface area contributed by atoms with Crippen molar-refractivity contribution in [2.75, 3.05) is 18.6 Å². The number of nitrogens with zero attached hydrogens (tertiary/aromatic N) is 2. The van der Waals surface area contributed by atoms with E-state index in [1.165, 1.54) is 12.1 Å². The van der Waals surface area contributed by atoms with E-state index < -0.39 is 39.8 Å². The highest BCUT2D eigenvalue weighted by Gasteiger charge is 2.57. The van der Waals surface area contributed by atoms with Gasteiger partial charge >= 0.3 is 6.18 Å². The summed E-state index contributed by atoms with van der Waals surface area (Å²) in [6.07, 6.45) is -0.213. The van der Waals surface area contributed by atoms with E-state index in [1.807, 2.05) is 0 Å². The first-order valence-corrected chi connectivity index (χ1v) is 14.7. The molecule has 4 atom stereocenters. The van der Waals surface area contributed by atoms with Gasteiger partial charge in [0.1, 0.15) is 15.7 Å². The number of amides is 1. The number of halogens is 4. The Balaban J connectivity index is 1.40. The molecule has 0 spiro atoms. The molecule has 2 heterocycles. The van der Waals surface area contributed by atoms with Gasteiger partial charge < -0.3 is 10.2 Å². The zero-order valence-electron chi connectivity index (χ0n) is 21.6. The fraction of sp³-hybridized carbons (Fsp3) is 0.519. The first-order chi connectivity index (χ1) is 18.2. The number of aliphatic imine (C=N–C) groups is 1. The summed E-state index contributed by atoms with van der Waals surface area (Å²) >= 11 is 0. The number of hydrogen-bond donors (Lipinski definition) is 2. The van der Waals surface area contributed by atoms with Gasteiger partial charge in [-0.3, -0.25) is 10.2 Å². The average Bonchev–Trinajstić information content (AvgIpc) is 3.01. The SMILES string of the molecule is CN(C(=O)C1CCS(=O)(=O)CC1)[C@@H](c1ccc([C@@H]2C3=C(N/C(=C\C(=N)F)N=C3)[C@@]3(C)CC[C@@H]23)cc1)C(F)(F)F. The first-order valence-electron chi connectivity index (χ1n) is 12.9. The number of hydrogen-bond acceptors (Lipinski definition) is 6. The monoisotopic (exact) mass is 566 g/mol. The predicted molar refractivity (Wildman–Crippen MR) is 139 cm³/mol. The molecule has 1 aromatic carbocycles. The Hall–Kier alpha value is -3.02. The van der Waals surface area contributed by atoms with E-state index in [1.54, 1.807) is 18.3 Å². The van der Waals surface area contributed by atoms with Crippen LogP contribution in [0.1, 0.15) is 55.7 Å². The van der Waals surface area contributed by atoms with E-state index in [0.29, 0.717) is 4.90 Å². The number of fused-ring (bicyclic) bond motifs is 2. The lowest BCUT2D eigenvalue weighted by Gasteiger charge is -2.46. The number of rotatable bonds is 5. The summed E-state index contributed by atoms with van der Waals surface area (Å²) in [5.41, 5.74) is 2.35. The second-order valence-electron chi connectivity index (χ2n) is 11.1. The van der Waals surface area contributed by atoms with Crippen LogP contribution in [0.25, 0.3) is 0 Å². The Bertz CT molecular complexity index is 1390. The van der Waals surface area contributed by atoms with Crippen molar-refractivity contribution in [2.45, 2.75) is 50.7 Å². The van der Waals surface area contributed by atoms with Crippen molar-refractivity contribution in [3.8, 4) is 0 Å². The summed E-state index contributed by atoms with van der Waals surface area (Å²) in [5.74, 6) is -2.66. The standard InChI is InChI=1S/C27H30F4N4O3S/c1-26-10-7-19(26)22(18-14-33-21(13-20(28)32)34-23(18)26)15-3-5-16(6-4-15)24(27(29,30)31)35(2)25(36)17-8-11-39(37,38)12-9-17/h3-6,13-14,17,19,22,24,32,34H,7-12H2,1-2H3/b21-13-,32-20?/t19-,22+,24-,26-/m0/s1. The Morgan fingerprint density at radius 3 is 2.38 bits per heavy atom. The molecular formula is C27H30F4N4O3S. The summed E-state index contributed by atoms with van der Waals surface area (Å²) < 4.78 is 79.3. The van der Waals surface area contributed by atoms with E-state index in [2.05, 4.69) is 17.2 Å². The summed E-state index contributed by atoms with van der Waals surface area (Å²) in [7, 11) is -2.13. The number of carbonyl (C=O) groups is 1. The normalized spacial score (nSPS) is 29.7. The molecular weight excluding hydrogens is 536 g/mol. The van der Waals surface area contributed by atoms with Crippen molar-refractivity contribution in [1.82, 2.24) is 10.2 Å². The highest BCUT2D eigenvalue weighted by atomic mass is 32.2. The molecule has 1 saturated carbocycles. The van der Waals surface area contributed by atoms with E-state index in [0.717, 1.165) is 42.8 Å². The van der Waals surface area contributed by atoms with Gasteiger partial charge in [-0.2, -0.15) is 17.6 Å². The fourth-order valence-electron chi connectivity index (χ4n) is 6.63. The molecule has 1 saturated heterocycles. The molecule has 7 nitrogen and oxygen atoms in total. The molecule has 4 aliphatic rings. The van der Waals surface area contributed by atoms with Crippen LogP contribution in [-0.2, 0) is 14.6 Å². The van der Waals surface area contributed by atoms with E-state index in [9.17, 15) is 30.8 Å². The predicted octanol–water partition coefficient (Wildman–Crippen LogP) is 4.80. The van der Waals surface area contributed by atoms with Crippen LogP contribution in [0.3, 0.4) is 0 Å². The average molecular weight is 567 g/mol. The van der Waals surface area contributed by atoms with Crippen LogP contribution in [-0.4, -0.2) is 56.1 Å². The van der Waals surface area contributed by atoms with Crippen LogP contribution in [0.4, 0.5) is 17.6 Å². The van der Waals surface area contributed by atoms with E-state index in [-0.39, 0.29) is 53.0 Å². The molecule has 0 radical (unpaired) electrons. The summed E-state index contributed by atoms with van der Waals surface area (Å²) in [5, 5.41) is 10.2. The van der Waals surface area contributed by atoms with E-state index >= 15 is 0 Å². The van der Waals surface area contributed by atoms with Gasteiger partial charge in [0, 0.05) is 42.3 Å². The molecule has 210 valence electrons. The van der Waals surface area contributed by atoms with Crippen LogP contribution < -0.4 is 5.32 Å². The second-order valence-corrected chi connectivity index (χ2v) is 13.4. The van der Waals surface area contributed by atoms with Crippen molar-refractivity contribution in [1.29, 1.82) is 5.41 Å². The zero-order valence-corrected chi connectivity index (χ0v) is 22.4. The molecule has 0 unspecified atom stereocenters. The largest absolute Gasteiger partial charge is 0.413 e. The third kappa shape index (κ3) is 4.92. The highest BCUT2D eigenvalue weighted by molar-refractivity contribution is 7.91. The quantitative estimate of drug-likeness (QED) is 0.395. The molecule has 5 rings (SSSR count). The molecule has 1 aromatic rings. The lowest BCUT2D eigenvalue weighted by molar-refractivity contribution is -0.190. The number of carbonyl (C=O) groups excluding carboxylic acids is 1. The minimum absolute atomic E-state index is 0.0211. The van der Waals surface area contributed by atoms with Gasteiger partial charge in [-0.25, -0.2) is 13.4 Å². The van der Waals surface area contributed by atoms with Crippen molar-refractivity contribution in [2.24, 2.45) is 22.2 Å². The van der Waals surface area contributed by atoms with Crippen molar-refractivity contribution in [3.63, 3.8) is 0 Å². The molecule has 2 fully saturated rings. The number of alkyl halides is 3. The Morgan fingerprint density at radius 2 is 1.85 bits per heavy atom. The van der Waals surface area contributed by atoms with Crippen LogP contribution in [0, 0.1) is 22.7 Å². The molecule has 2 N–H and O–H groups in total. The molecule has 0 bridgehead atoms. The third-order valence-electron chi connectivity index (χ3n) is 8.81. The molecule has 39 heavy (non-hydrogen) atoms. The van der Waals surface area contributed by atoms with Crippen LogP contribution in [0.5, 0.6) is 0 Å². The van der Waals surface area contributed by atoms with Gasteiger partial charge in [-0.1, -0.05) is 31.2 Å². The van der Waals surface area contributed by atoms with Crippen molar-refractivity contribution < 1.29 is 30.8 Å². The number of benzene rings is 1. The maximum atomic E-state index is 14.3. The van der Waals surface area contributed by atoms with Crippen molar-refractivity contribution in [3.05, 3.63) is 58.6 Å². The van der Waals surface area contributed by atoms with Gasteiger partial charge in [-0.15, -0.1) is 0 Å². The molecule has 2 aliphatic carbocycles. The van der Waals surface area contributed by atoms with Crippen molar-refractivity contribution >= 4 is 27.9 Å². The van der Waals surface area contributed by atoms with Crippen LogP contribution in [0.2, 0.25) is 0 Å². The maximum Gasteiger partial charge on any atom is 0.413 e. The highest BCUT2D eigenvalue weighted by Crippen LogP contribution is 2.64. The molecule has 0 aromatic heterocycles. The van der Waals surface area contributed by atoms with Crippen LogP contribution >= 0.6 is 0 Å². The third-order valence-corrected chi connectivity index (χ3v) is 10.5. The smallest absolute Gasteiger partial charge is 0.343 e. The lowest BCUT2D eigenvalue weighted by Crippen LogP contribution is -2.44. The van der Waals surface area contributed by atoms with Gasteiger partial charge in [0.2, 0.25) is 11.9 Å². The molecule has 12 heteroatoms. The summed E-state index contributed by atoms with van der Waals surface area (Å²) in [4.78, 5) is 17.9. The fourth-order valence-corrected chi connectivity index (χ4v) is 8.12. The summed E-state index contributed by atoms with van der Waals surface area (Å²) in [6, 6.07) is 3.97. The Morgan fingerprint density at radius 1 is 1.21 bits per heavy atom. The second kappa shape index (κ2) is 9.57. The Labute approximate surface area is 224 Å². The van der Waals surface area contributed by atoms with Crippen LogP contribution in [0.15, 0.2) is 52.4 Å². The number of nitrogens with one attached hydrogen (secondary N) is 2.